The molecule has 0 aliphatic rings. The largest absolute Gasteiger partial charge is 0.480 e. The molecule has 0 aliphatic carbocycles. The number of rotatable bonds is 6. The van der Waals surface area contributed by atoms with Gasteiger partial charge in [-0.25, -0.2) is 4.79 Å². The fraction of sp³-hybridized carbons (Fsp3) is 0.700. The number of thioether (sulfide) groups is 1. The maximum absolute atomic E-state index is 11.3. The number of urea groups is 1. The summed E-state index contributed by atoms with van der Waals surface area (Å²) in [6, 6.07) is -1.57. The van der Waals surface area contributed by atoms with Gasteiger partial charge >= 0.3 is 12.0 Å². The first-order valence-electron chi connectivity index (χ1n) is 5.34. The average molecular weight is 277 g/mol. The van der Waals surface area contributed by atoms with E-state index in [1.54, 1.807) is 13.8 Å². The monoisotopic (exact) mass is 277 g/mol. The molecule has 0 aliphatic heterocycles. The molecule has 0 saturated heterocycles. The standard InChI is InChI=1S/C10H19N3O4S/c1-10(2,7(11)8(15)16)18-5-4-6(14)13-9(17)12-3/h7H,4-5,11H2,1-3H3,(H,15,16)(H2,12,13,14,17)/t7-/m0/s1. The van der Waals surface area contributed by atoms with Crippen molar-refractivity contribution in [3.8, 4) is 0 Å². The molecule has 18 heavy (non-hydrogen) atoms. The molecule has 0 rings (SSSR count). The third-order valence-corrected chi connectivity index (χ3v) is 3.70. The third-order valence-electron chi connectivity index (χ3n) is 2.30. The van der Waals surface area contributed by atoms with Crippen LogP contribution < -0.4 is 16.4 Å². The van der Waals surface area contributed by atoms with Gasteiger partial charge in [-0.1, -0.05) is 0 Å². The highest BCUT2D eigenvalue weighted by Gasteiger charge is 2.32. The van der Waals surface area contributed by atoms with E-state index in [2.05, 4.69) is 10.6 Å². The zero-order valence-corrected chi connectivity index (χ0v) is 11.5. The number of hydrogen-bond acceptors (Lipinski definition) is 5. The van der Waals surface area contributed by atoms with Gasteiger partial charge in [-0.3, -0.25) is 14.9 Å². The van der Waals surface area contributed by atoms with Gasteiger partial charge in [0.1, 0.15) is 6.04 Å². The topological polar surface area (TPSA) is 122 Å². The van der Waals surface area contributed by atoms with Crippen molar-refractivity contribution in [3.63, 3.8) is 0 Å². The molecule has 0 bridgehead atoms. The Kier molecular flexibility index (Phi) is 6.71. The lowest BCUT2D eigenvalue weighted by Gasteiger charge is -2.27. The molecular formula is C10H19N3O4S. The highest BCUT2D eigenvalue weighted by Crippen LogP contribution is 2.27. The number of carbonyl (C=O) groups excluding carboxylic acids is 2. The van der Waals surface area contributed by atoms with E-state index in [0.717, 1.165) is 0 Å². The van der Waals surface area contributed by atoms with Gasteiger partial charge in [0.25, 0.3) is 0 Å². The number of hydrogen-bond donors (Lipinski definition) is 4. The Morgan fingerprint density at radius 2 is 1.94 bits per heavy atom. The van der Waals surface area contributed by atoms with Gasteiger partial charge in [-0.2, -0.15) is 11.8 Å². The summed E-state index contributed by atoms with van der Waals surface area (Å²) >= 11 is 1.28. The predicted molar refractivity (Wildman–Crippen MR) is 69.4 cm³/mol. The number of nitrogens with one attached hydrogen (secondary N) is 2. The summed E-state index contributed by atoms with van der Waals surface area (Å²) in [7, 11) is 1.41. The molecule has 1 atom stereocenters. The summed E-state index contributed by atoms with van der Waals surface area (Å²) in [5, 5.41) is 13.2. The molecule has 3 amide bonds. The molecule has 0 radical (unpaired) electrons. The Balaban J connectivity index is 4.07. The second-order valence-electron chi connectivity index (χ2n) is 4.15. The molecule has 5 N–H and O–H groups in total. The van der Waals surface area contributed by atoms with E-state index >= 15 is 0 Å². The summed E-state index contributed by atoms with van der Waals surface area (Å²) in [6.45, 7) is 3.40. The van der Waals surface area contributed by atoms with Crippen LogP contribution in [0.25, 0.3) is 0 Å². The Morgan fingerprint density at radius 3 is 2.39 bits per heavy atom. The predicted octanol–water partition coefficient (Wildman–Crippen LogP) is -0.244. The lowest BCUT2D eigenvalue weighted by molar-refractivity contribution is -0.139. The van der Waals surface area contributed by atoms with Crippen molar-refractivity contribution in [2.24, 2.45) is 5.73 Å². The van der Waals surface area contributed by atoms with Crippen LogP contribution in [0.2, 0.25) is 0 Å². The lowest BCUT2D eigenvalue weighted by Crippen LogP contribution is -2.47. The molecule has 0 aromatic heterocycles. The van der Waals surface area contributed by atoms with E-state index in [0.29, 0.717) is 5.75 Å². The molecule has 0 unspecified atom stereocenters. The first-order chi connectivity index (χ1) is 8.20. The fourth-order valence-corrected chi connectivity index (χ4v) is 2.14. The zero-order valence-electron chi connectivity index (χ0n) is 10.6. The van der Waals surface area contributed by atoms with Gasteiger partial charge in [0.05, 0.1) is 0 Å². The van der Waals surface area contributed by atoms with Crippen LogP contribution in [0.4, 0.5) is 4.79 Å². The van der Waals surface area contributed by atoms with Gasteiger partial charge in [0.15, 0.2) is 0 Å². The number of carbonyl (C=O) groups is 3. The van der Waals surface area contributed by atoms with Crippen LogP contribution in [-0.2, 0) is 9.59 Å². The van der Waals surface area contributed by atoms with Gasteiger partial charge in [0, 0.05) is 24.0 Å². The van der Waals surface area contributed by atoms with Crippen molar-refractivity contribution in [1.82, 2.24) is 10.6 Å². The van der Waals surface area contributed by atoms with Crippen molar-refractivity contribution in [2.45, 2.75) is 31.1 Å². The number of imide groups is 1. The van der Waals surface area contributed by atoms with Crippen LogP contribution in [0.3, 0.4) is 0 Å². The molecule has 0 saturated carbocycles. The van der Waals surface area contributed by atoms with Crippen LogP contribution in [0.1, 0.15) is 20.3 Å². The number of aliphatic carboxylic acids is 1. The normalized spacial score (nSPS) is 12.7. The highest BCUT2D eigenvalue weighted by molar-refractivity contribution is 8.00. The van der Waals surface area contributed by atoms with E-state index < -0.39 is 28.7 Å². The van der Waals surface area contributed by atoms with Gasteiger partial charge in [-0.05, 0) is 13.8 Å². The van der Waals surface area contributed by atoms with Crippen LogP contribution in [0.15, 0.2) is 0 Å². The van der Waals surface area contributed by atoms with Crippen molar-refractivity contribution in [2.75, 3.05) is 12.8 Å². The molecule has 0 aromatic carbocycles. The highest BCUT2D eigenvalue weighted by atomic mass is 32.2. The van der Waals surface area contributed by atoms with Crippen LogP contribution in [-0.4, -0.2) is 46.6 Å². The van der Waals surface area contributed by atoms with Crippen molar-refractivity contribution >= 4 is 29.7 Å². The first-order valence-corrected chi connectivity index (χ1v) is 6.33. The summed E-state index contributed by atoms with van der Waals surface area (Å²) in [4.78, 5) is 32.9. The van der Waals surface area contributed by atoms with Crippen LogP contribution >= 0.6 is 11.8 Å². The second-order valence-corrected chi connectivity index (χ2v) is 5.89. The van der Waals surface area contributed by atoms with Gasteiger partial charge in [-0.15, -0.1) is 0 Å². The van der Waals surface area contributed by atoms with Gasteiger partial charge < -0.3 is 16.2 Å². The van der Waals surface area contributed by atoms with Crippen molar-refractivity contribution in [3.05, 3.63) is 0 Å². The van der Waals surface area contributed by atoms with Crippen molar-refractivity contribution in [1.29, 1.82) is 0 Å². The van der Waals surface area contributed by atoms with E-state index in [1.165, 1.54) is 18.8 Å². The number of amides is 3. The van der Waals surface area contributed by atoms with E-state index in [-0.39, 0.29) is 6.42 Å². The van der Waals surface area contributed by atoms with E-state index in [9.17, 15) is 14.4 Å². The Labute approximate surface area is 110 Å². The molecule has 0 fully saturated rings. The quantitative estimate of drug-likeness (QED) is 0.531. The third kappa shape index (κ3) is 5.87. The fourth-order valence-electron chi connectivity index (χ4n) is 1.05. The molecule has 0 spiro atoms. The van der Waals surface area contributed by atoms with Gasteiger partial charge in [0.2, 0.25) is 5.91 Å². The molecule has 7 nitrogen and oxygen atoms in total. The van der Waals surface area contributed by atoms with Crippen molar-refractivity contribution < 1.29 is 19.5 Å². The molecule has 104 valence electrons. The lowest BCUT2D eigenvalue weighted by atomic mass is 10.1. The SMILES string of the molecule is CNC(=O)NC(=O)CCSC(C)(C)[C@@H](N)C(=O)O. The number of carboxylic acid groups (broad SMARTS) is 1. The Morgan fingerprint density at radius 1 is 1.39 bits per heavy atom. The average Bonchev–Trinajstić information content (AvgIpc) is 2.27. The maximum atomic E-state index is 11.3. The maximum Gasteiger partial charge on any atom is 0.321 e. The molecule has 0 aromatic rings. The summed E-state index contributed by atoms with van der Waals surface area (Å²) in [6.07, 6.45) is 0.119. The zero-order chi connectivity index (χ0) is 14.3. The summed E-state index contributed by atoms with van der Waals surface area (Å²) in [5.41, 5.74) is 5.53. The minimum absolute atomic E-state index is 0.119. The Bertz CT molecular complexity index is 333. The first kappa shape index (κ1) is 16.7. The summed E-state index contributed by atoms with van der Waals surface area (Å²) in [5.74, 6) is -1.11. The minimum atomic E-state index is -1.08. The Hall–Kier alpha value is -1.28. The minimum Gasteiger partial charge on any atom is -0.480 e. The number of nitrogens with two attached hydrogens (primary N) is 1. The molecular weight excluding hydrogens is 258 g/mol. The van der Waals surface area contributed by atoms with Crippen LogP contribution in [0.5, 0.6) is 0 Å². The van der Waals surface area contributed by atoms with Crippen LogP contribution in [0, 0.1) is 0 Å². The second kappa shape index (κ2) is 7.22. The molecule has 0 heterocycles. The summed E-state index contributed by atoms with van der Waals surface area (Å²) < 4.78 is -0.681. The van der Waals surface area contributed by atoms with E-state index in [4.69, 9.17) is 10.8 Å². The molecule has 8 heteroatoms. The smallest absolute Gasteiger partial charge is 0.321 e. The van der Waals surface area contributed by atoms with E-state index in [1.807, 2.05) is 0 Å². The number of carboxylic acids is 1.